The zero-order valence-electron chi connectivity index (χ0n) is 14.8. The standard InChI is InChI=1S/C20H21FN4O/c1-3-15(2)25(12-17-7-4-5-10-19(17)21)20(26)16-8-6-9-18(11-16)24-13-22-23-14-24/h4-11,13-15H,3,12H2,1-2H3. The van der Waals surface area contributed by atoms with Gasteiger partial charge in [0.2, 0.25) is 0 Å². The van der Waals surface area contributed by atoms with E-state index in [-0.39, 0.29) is 24.3 Å². The molecule has 0 saturated heterocycles. The van der Waals surface area contributed by atoms with Crippen LogP contribution in [0.5, 0.6) is 0 Å². The second-order valence-electron chi connectivity index (χ2n) is 6.20. The summed E-state index contributed by atoms with van der Waals surface area (Å²) in [5, 5.41) is 7.58. The summed E-state index contributed by atoms with van der Waals surface area (Å²) < 4.78 is 15.8. The Morgan fingerprint density at radius 1 is 1.15 bits per heavy atom. The van der Waals surface area contributed by atoms with Crippen molar-refractivity contribution in [1.29, 1.82) is 0 Å². The highest BCUT2D eigenvalue weighted by molar-refractivity contribution is 5.95. The van der Waals surface area contributed by atoms with Crippen molar-refractivity contribution in [3.8, 4) is 5.69 Å². The molecular weight excluding hydrogens is 331 g/mol. The second kappa shape index (κ2) is 7.91. The van der Waals surface area contributed by atoms with Crippen molar-refractivity contribution in [3.63, 3.8) is 0 Å². The lowest BCUT2D eigenvalue weighted by Gasteiger charge is -2.29. The Kier molecular flexibility index (Phi) is 5.41. The lowest BCUT2D eigenvalue weighted by molar-refractivity contribution is 0.0669. The van der Waals surface area contributed by atoms with Crippen molar-refractivity contribution in [2.45, 2.75) is 32.9 Å². The average molecular weight is 352 g/mol. The van der Waals surface area contributed by atoms with Crippen molar-refractivity contribution >= 4 is 5.91 Å². The molecule has 0 aliphatic heterocycles. The van der Waals surface area contributed by atoms with Crippen molar-refractivity contribution in [3.05, 3.63) is 78.1 Å². The molecule has 134 valence electrons. The maximum Gasteiger partial charge on any atom is 0.254 e. The fraction of sp³-hybridized carbons (Fsp3) is 0.250. The van der Waals surface area contributed by atoms with Crippen LogP contribution in [0.1, 0.15) is 36.2 Å². The molecule has 0 radical (unpaired) electrons. The largest absolute Gasteiger partial charge is 0.332 e. The quantitative estimate of drug-likeness (QED) is 0.677. The minimum atomic E-state index is -0.299. The molecule has 26 heavy (non-hydrogen) atoms. The number of hydrogen-bond acceptors (Lipinski definition) is 3. The van der Waals surface area contributed by atoms with E-state index in [1.165, 1.54) is 6.07 Å². The van der Waals surface area contributed by atoms with Gasteiger partial charge in [0.05, 0.1) is 0 Å². The van der Waals surface area contributed by atoms with Crippen LogP contribution in [-0.4, -0.2) is 31.6 Å². The number of rotatable bonds is 6. The number of amides is 1. The molecule has 2 aromatic carbocycles. The maximum atomic E-state index is 14.1. The van der Waals surface area contributed by atoms with E-state index in [2.05, 4.69) is 10.2 Å². The van der Waals surface area contributed by atoms with Crippen molar-refractivity contribution < 1.29 is 9.18 Å². The van der Waals surface area contributed by atoms with Crippen LogP contribution in [0, 0.1) is 5.82 Å². The van der Waals surface area contributed by atoms with Crippen LogP contribution in [0.3, 0.4) is 0 Å². The third-order valence-electron chi connectivity index (χ3n) is 4.49. The van der Waals surface area contributed by atoms with E-state index < -0.39 is 0 Å². The van der Waals surface area contributed by atoms with Gasteiger partial charge in [-0.15, -0.1) is 10.2 Å². The number of nitrogens with zero attached hydrogens (tertiary/aromatic N) is 4. The number of benzene rings is 2. The number of aromatic nitrogens is 3. The molecule has 1 unspecified atom stereocenters. The molecule has 0 bridgehead atoms. The van der Waals surface area contributed by atoms with E-state index in [1.807, 2.05) is 26.0 Å². The first-order chi connectivity index (χ1) is 12.6. The topological polar surface area (TPSA) is 51.0 Å². The maximum absolute atomic E-state index is 14.1. The minimum absolute atomic E-state index is 0.0133. The summed E-state index contributed by atoms with van der Waals surface area (Å²) in [7, 11) is 0. The predicted molar refractivity (Wildman–Crippen MR) is 97.4 cm³/mol. The molecule has 3 aromatic rings. The molecule has 0 aliphatic carbocycles. The third-order valence-corrected chi connectivity index (χ3v) is 4.49. The minimum Gasteiger partial charge on any atom is -0.332 e. The Morgan fingerprint density at radius 2 is 1.88 bits per heavy atom. The first-order valence-electron chi connectivity index (χ1n) is 8.59. The fourth-order valence-corrected chi connectivity index (χ4v) is 2.76. The van der Waals surface area contributed by atoms with Gasteiger partial charge in [-0.3, -0.25) is 9.36 Å². The first-order valence-corrected chi connectivity index (χ1v) is 8.59. The summed E-state index contributed by atoms with van der Waals surface area (Å²) in [5.41, 5.74) is 1.86. The molecule has 3 rings (SSSR count). The molecule has 0 spiro atoms. The number of halogens is 1. The lowest BCUT2D eigenvalue weighted by atomic mass is 10.1. The van der Waals surface area contributed by atoms with Gasteiger partial charge in [0.25, 0.3) is 5.91 Å². The van der Waals surface area contributed by atoms with Gasteiger partial charge in [-0.1, -0.05) is 31.2 Å². The zero-order chi connectivity index (χ0) is 18.5. The zero-order valence-corrected chi connectivity index (χ0v) is 14.8. The van der Waals surface area contributed by atoms with Crippen molar-refractivity contribution in [2.24, 2.45) is 0 Å². The van der Waals surface area contributed by atoms with Crippen molar-refractivity contribution in [1.82, 2.24) is 19.7 Å². The Morgan fingerprint density at radius 3 is 2.58 bits per heavy atom. The summed E-state index contributed by atoms with van der Waals surface area (Å²) in [5.74, 6) is -0.427. The first kappa shape index (κ1) is 17.8. The third kappa shape index (κ3) is 3.79. The molecule has 1 amide bonds. The highest BCUT2D eigenvalue weighted by Crippen LogP contribution is 2.19. The van der Waals surface area contributed by atoms with E-state index in [0.717, 1.165) is 12.1 Å². The van der Waals surface area contributed by atoms with E-state index in [9.17, 15) is 9.18 Å². The van der Waals surface area contributed by atoms with Gasteiger partial charge in [-0.25, -0.2) is 4.39 Å². The van der Waals surface area contributed by atoms with Crippen molar-refractivity contribution in [2.75, 3.05) is 0 Å². The normalized spacial score (nSPS) is 12.0. The van der Waals surface area contributed by atoms with Crippen LogP contribution >= 0.6 is 0 Å². The molecule has 0 fully saturated rings. The van der Waals surface area contributed by atoms with Crippen LogP contribution in [0.25, 0.3) is 5.69 Å². The van der Waals surface area contributed by atoms with E-state index in [4.69, 9.17) is 0 Å². The highest BCUT2D eigenvalue weighted by Gasteiger charge is 2.22. The van der Waals surface area contributed by atoms with Crippen LogP contribution in [0.2, 0.25) is 0 Å². The Hall–Kier alpha value is -3.02. The van der Waals surface area contributed by atoms with Gasteiger partial charge in [-0.2, -0.15) is 0 Å². The van der Waals surface area contributed by atoms with Crippen LogP contribution in [0.15, 0.2) is 61.2 Å². The Labute approximate surface area is 152 Å². The molecule has 1 atom stereocenters. The Balaban J connectivity index is 1.91. The molecule has 0 N–H and O–H groups in total. The monoisotopic (exact) mass is 352 g/mol. The van der Waals surface area contributed by atoms with Crippen LogP contribution < -0.4 is 0 Å². The SMILES string of the molecule is CCC(C)N(Cc1ccccc1F)C(=O)c1cccc(-n2cnnc2)c1. The fourth-order valence-electron chi connectivity index (χ4n) is 2.76. The number of carbonyl (C=O) groups is 1. The van der Waals surface area contributed by atoms with Gasteiger partial charge >= 0.3 is 0 Å². The van der Waals surface area contributed by atoms with E-state index in [1.54, 1.807) is 52.5 Å². The highest BCUT2D eigenvalue weighted by atomic mass is 19.1. The molecule has 6 heteroatoms. The molecular formula is C20H21FN4O. The molecule has 0 saturated carbocycles. The molecule has 0 aliphatic rings. The molecule has 5 nitrogen and oxygen atoms in total. The summed E-state index contributed by atoms with van der Waals surface area (Å²) >= 11 is 0. The summed E-state index contributed by atoms with van der Waals surface area (Å²) in [6.45, 7) is 4.22. The Bertz CT molecular complexity index is 879. The van der Waals surface area contributed by atoms with Crippen LogP contribution in [0.4, 0.5) is 4.39 Å². The average Bonchev–Trinajstić information content (AvgIpc) is 3.21. The molecule has 1 heterocycles. The van der Waals surface area contributed by atoms with Gasteiger partial charge in [0.15, 0.2) is 0 Å². The van der Waals surface area contributed by atoms with E-state index >= 15 is 0 Å². The summed E-state index contributed by atoms with van der Waals surface area (Å²) in [4.78, 5) is 14.9. The summed E-state index contributed by atoms with van der Waals surface area (Å²) in [6.07, 6.45) is 3.94. The van der Waals surface area contributed by atoms with E-state index in [0.29, 0.717) is 11.1 Å². The van der Waals surface area contributed by atoms with Gasteiger partial charge in [0.1, 0.15) is 18.5 Å². The number of hydrogen-bond donors (Lipinski definition) is 0. The van der Waals surface area contributed by atoms with Crippen LogP contribution in [-0.2, 0) is 6.54 Å². The smallest absolute Gasteiger partial charge is 0.254 e. The van der Waals surface area contributed by atoms with Gasteiger partial charge < -0.3 is 4.90 Å². The predicted octanol–water partition coefficient (Wildman–Crippen LogP) is 3.85. The lowest BCUT2D eigenvalue weighted by Crippen LogP contribution is -2.38. The second-order valence-corrected chi connectivity index (χ2v) is 6.20. The van der Waals surface area contributed by atoms with Gasteiger partial charge in [-0.05, 0) is 37.6 Å². The van der Waals surface area contributed by atoms with Gasteiger partial charge in [0, 0.05) is 29.4 Å². The summed E-state index contributed by atoms with van der Waals surface area (Å²) in [6, 6.07) is 13.8. The number of carbonyl (C=O) groups excluding carboxylic acids is 1. The molecule has 1 aromatic heterocycles.